The molecular weight excluding hydrogens is 275 g/mol. The molecule has 0 aliphatic carbocycles. The molecule has 1 nitrogen and oxygen atoms in total. The summed E-state index contributed by atoms with van der Waals surface area (Å²) in [5.74, 6) is 0. The first kappa shape index (κ1) is 11.2. The van der Waals surface area contributed by atoms with Gasteiger partial charge in [-0.1, -0.05) is 58.0 Å². The van der Waals surface area contributed by atoms with Crippen molar-refractivity contribution in [1.29, 1.82) is 0 Å². The van der Waals surface area contributed by atoms with Crippen LogP contribution < -0.4 is 0 Å². The third-order valence-electron chi connectivity index (χ3n) is 1.30. The van der Waals surface area contributed by atoms with Gasteiger partial charge in [-0.3, -0.25) is 0 Å². The monoisotopic (exact) mass is 273 g/mol. The van der Waals surface area contributed by atoms with Crippen LogP contribution in [-0.2, 0) is 0 Å². The zero-order chi connectivity index (χ0) is 10.2. The molecule has 0 atom stereocenters. The molecule has 0 spiro atoms. The Bertz CT molecular complexity index is 377. The summed E-state index contributed by atoms with van der Waals surface area (Å²) in [6.07, 6.45) is 0. The van der Waals surface area contributed by atoms with Gasteiger partial charge in [-0.05, 0) is 0 Å². The number of benzene rings is 1. The van der Waals surface area contributed by atoms with Crippen molar-refractivity contribution in [2.24, 2.45) is 0 Å². The SMILES string of the molecule is [C-]#[N+]c1c(Cl)c(Cl)c(Cl)c(Cl)c1Cl. The predicted molar refractivity (Wildman–Crippen MR) is 57.8 cm³/mol. The number of halogens is 5. The Hall–Kier alpha value is 0.160. The van der Waals surface area contributed by atoms with Crippen LogP contribution in [0.1, 0.15) is 0 Å². The molecule has 0 fully saturated rings. The van der Waals surface area contributed by atoms with E-state index in [1.807, 2.05) is 0 Å². The minimum absolute atomic E-state index is 0.0164. The standard InChI is InChI=1S/C7Cl5N/c1-13-7-5(11)3(9)2(8)4(10)6(7)12. The molecule has 0 aliphatic heterocycles. The van der Waals surface area contributed by atoms with Gasteiger partial charge in [0, 0.05) is 0 Å². The highest BCUT2D eigenvalue weighted by molar-refractivity contribution is 6.56. The zero-order valence-electron chi connectivity index (χ0n) is 5.84. The molecule has 0 saturated heterocycles. The van der Waals surface area contributed by atoms with Crippen molar-refractivity contribution in [1.82, 2.24) is 0 Å². The van der Waals surface area contributed by atoms with Gasteiger partial charge in [0.05, 0.1) is 31.7 Å². The van der Waals surface area contributed by atoms with Gasteiger partial charge in [0.1, 0.15) is 0 Å². The molecule has 1 aromatic rings. The van der Waals surface area contributed by atoms with E-state index >= 15 is 0 Å². The summed E-state index contributed by atoms with van der Waals surface area (Å²) in [4.78, 5) is 3.09. The van der Waals surface area contributed by atoms with Crippen LogP contribution in [0.5, 0.6) is 0 Å². The fourth-order valence-electron chi connectivity index (χ4n) is 0.691. The lowest BCUT2D eigenvalue weighted by Gasteiger charge is -2.06. The van der Waals surface area contributed by atoms with E-state index in [4.69, 9.17) is 64.6 Å². The molecule has 1 aromatic carbocycles. The minimum Gasteiger partial charge on any atom is -0.235 e. The van der Waals surface area contributed by atoms with Gasteiger partial charge in [0.2, 0.25) is 5.69 Å². The second-order valence-electron chi connectivity index (χ2n) is 2.03. The van der Waals surface area contributed by atoms with Crippen molar-refractivity contribution >= 4 is 63.7 Å². The van der Waals surface area contributed by atoms with Crippen LogP contribution in [0.25, 0.3) is 4.85 Å². The summed E-state index contributed by atoms with van der Waals surface area (Å²) in [7, 11) is 0. The molecule has 0 heterocycles. The van der Waals surface area contributed by atoms with Crippen LogP contribution in [0.4, 0.5) is 5.69 Å². The van der Waals surface area contributed by atoms with Gasteiger partial charge in [0.25, 0.3) is 0 Å². The van der Waals surface area contributed by atoms with E-state index in [0.717, 1.165) is 0 Å². The van der Waals surface area contributed by atoms with Gasteiger partial charge < -0.3 is 0 Å². The maximum Gasteiger partial charge on any atom is 0.226 e. The lowest BCUT2D eigenvalue weighted by molar-refractivity contribution is 1.70. The first-order valence-corrected chi connectivity index (χ1v) is 4.78. The normalized spacial score (nSPS) is 9.85. The van der Waals surface area contributed by atoms with E-state index in [1.165, 1.54) is 0 Å². The van der Waals surface area contributed by atoms with Crippen LogP contribution in [-0.4, -0.2) is 0 Å². The predicted octanol–water partition coefficient (Wildman–Crippen LogP) is 5.50. The number of hydrogen-bond acceptors (Lipinski definition) is 0. The van der Waals surface area contributed by atoms with E-state index in [-0.39, 0.29) is 30.8 Å². The summed E-state index contributed by atoms with van der Waals surface area (Å²) in [5, 5.41) is 0.199. The van der Waals surface area contributed by atoms with Crippen LogP contribution in [0.3, 0.4) is 0 Å². The van der Waals surface area contributed by atoms with Crippen molar-refractivity contribution in [3.05, 3.63) is 36.5 Å². The topological polar surface area (TPSA) is 4.36 Å². The molecule has 1 rings (SSSR count). The first-order chi connectivity index (χ1) is 6.00. The molecular formula is C7Cl5N. The Morgan fingerprint density at radius 3 is 1.31 bits per heavy atom. The summed E-state index contributed by atoms with van der Waals surface area (Å²) >= 11 is 28.5. The van der Waals surface area contributed by atoms with Crippen LogP contribution in [0.15, 0.2) is 0 Å². The Labute approximate surface area is 99.9 Å². The molecule has 0 unspecified atom stereocenters. The summed E-state index contributed by atoms with van der Waals surface area (Å²) in [5.41, 5.74) is 0.0164. The highest BCUT2D eigenvalue weighted by Gasteiger charge is 2.18. The lowest BCUT2D eigenvalue weighted by atomic mass is 10.3. The Balaban J connectivity index is 3.69. The van der Waals surface area contributed by atoms with E-state index < -0.39 is 0 Å². The van der Waals surface area contributed by atoms with Gasteiger partial charge in [-0.2, -0.15) is 0 Å². The quantitative estimate of drug-likeness (QED) is 0.334. The lowest BCUT2D eigenvalue weighted by Crippen LogP contribution is -1.78. The van der Waals surface area contributed by atoms with E-state index in [0.29, 0.717) is 0 Å². The Morgan fingerprint density at radius 2 is 1.00 bits per heavy atom. The van der Waals surface area contributed by atoms with Crippen LogP contribution in [0, 0.1) is 6.57 Å². The number of rotatable bonds is 0. The van der Waals surface area contributed by atoms with E-state index in [2.05, 4.69) is 4.85 Å². The Kier molecular flexibility index (Phi) is 3.57. The van der Waals surface area contributed by atoms with Crippen LogP contribution >= 0.6 is 58.0 Å². The third kappa shape index (κ3) is 1.83. The van der Waals surface area contributed by atoms with Crippen molar-refractivity contribution < 1.29 is 0 Å². The summed E-state index contributed by atoms with van der Waals surface area (Å²) in [6.45, 7) is 6.78. The molecule has 0 bridgehead atoms. The van der Waals surface area contributed by atoms with Gasteiger partial charge in [-0.25, -0.2) is 4.85 Å². The molecule has 0 N–H and O–H groups in total. The summed E-state index contributed by atoms with van der Waals surface area (Å²) in [6, 6.07) is 0. The molecule has 0 saturated carbocycles. The molecule has 68 valence electrons. The zero-order valence-corrected chi connectivity index (χ0v) is 9.62. The van der Waals surface area contributed by atoms with Crippen molar-refractivity contribution in [3.8, 4) is 0 Å². The van der Waals surface area contributed by atoms with E-state index in [1.54, 1.807) is 0 Å². The van der Waals surface area contributed by atoms with E-state index in [9.17, 15) is 0 Å². The highest BCUT2D eigenvalue weighted by Crippen LogP contribution is 2.47. The maximum absolute atomic E-state index is 6.78. The van der Waals surface area contributed by atoms with Gasteiger partial charge >= 0.3 is 0 Å². The summed E-state index contributed by atoms with van der Waals surface area (Å²) < 4.78 is 0. The molecule has 0 aliphatic rings. The molecule has 0 amide bonds. The Morgan fingerprint density at radius 1 is 0.692 bits per heavy atom. The highest BCUT2D eigenvalue weighted by atomic mass is 35.5. The second kappa shape index (κ2) is 4.13. The fraction of sp³-hybridized carbons (Fsp3) is 0. The third-order valence-corrected chi connectivity index (χ3v) is 3.56. The van der Waals surface area contributed by atoms with Gasteiger partial charge in [-0.15, -0.1) is 0 Å². The second-order valence-corrected chi connectivity index (χ2v) is 3.92. The number of nitrogens with zero attached hydrogens (tertiary/aromatic N) is 1. The molecule has 6 heteroatoms. The molecule has 0 radical (unpaired) electrons. The smallest absolute Gasteiger partial charge is 0.226 e. The average Bonchev–Trinajstić information content (AvgIpc) is 2.13. The average molecular weight is 275 g/mol. The van der Waals surface area contributed by atoms with Crippen molar-refractivity contribution in [3.63, 3.8) is 0 Å². The minimum atomic E-state index is 0.0164. The van der Waals surface area contributed by atoms with Crippen molar-refractivity contribution in [2.45, 2.75) is 0 Å². The molecule has 0 aromatic heterocycles. The largest absolute Gasteiger partial charge is 0.235 e. The van der Waals surface area contributed by atoms with Gasteiger partial charge in [0.15, 0.2) is 0 Å². The fourth-order valence-corrected chi connectivity index (χ4v) is 1.90. The number of hydrogen-bond donors (Lipinski definition) is 0. The first-order valence-electron chi connectivity index (χ1n) is 2.89. The van der Waals surface area contributed by atoms with Crippen LogP contribution in [0.2, 0.25) is 25.1 Å². The maximum atomic E-state index is 6.78. The van der Waals surface area contributed by atoms with Crippen molar-refractivity contribution in [2.75, 3.05) is 0 Å². The molecule has 13 heavy (non-hydrogen) atoms.